The van der Waals surface area contributed by atoms with Crippen LogP contribution in [0.15, 0.2) is 176 Å². The lowest BCUT2D eigenvalue weighted by Crippen LogP contribution is -2.20. The van der Waals surface area contributed by atoms with Crippen molar-refractivity contribution in [3.63, 3.8) is 0 Å². The zero-order valence-electron chi connectivity index (χ0n) is 29.6. The van der Waals surface area contributed by atoms with Crippen molar-refractivity contribution in [2.75, 3.05) is 4.90 Å². The summed E-state index contributed by atoms with van der Waals surface area (Å²) in [5, 5.41) is 10.2. The molecular formula is C51H35NS. The van der Waals surface area contributed by atoms with Crippen LogP contribution in [0.25, 0.3) is 74.7 Å². The van der Waals surface area contributed by atoms with E-state index >= 15 is 0 Å². The standard InChI is InChI=1S/C51H35NS/c1-51(2)45-18-8-7-15-41(45)42-17-9-19-46(50(42)51)52(37-26-25-32-11-3-4-13-35(32)29-37)38-27-28-47-44(31-38)49-40(16-10-20-48(49)53-47)36-24-23-34-22-21-33-12-5-6-14-39(33)43(34)30-36/h3-31H,1-2H3. The van der Waals surface area contributed by atoms with E-state index in [4.69, 9.17) is 0 Å². The SMILES string of the molecule is CC1(C)c2ccccc2-c2cccc(N(c3ccc4ccccc4c3)c3ccc4sc5cccc(-c6ccc7ccc8ccccc8c7c6)c5c4c3)c21. The minimum atomic E-state index is -0.162. The van der Waals surface area contributed by atoms with Crippen molar-refractivity contribution in [2.45, 2.75) is 19.3 Å². The summed E-state index contributed by atoms with van der Waals surface area (Å²) in [6, 6.07) is 65.5. The Labute approximate surface area is 313 Å². The molecule has 1 heterocycles. The summed E-state index contributed by atoms with van der Waals surface area (Å²) < 4.78 is 2.61. The zero-order chi connectivity index (χ0) is 35.3. The normalized spacial score (nSPS) is 13.2. The van der Waals surface area contributed by atoms with E-state index in [2.05, 4.69) is 195 Å². The Kier molecular flexibility index (Phi) is 6.53. The maximum absolute atomic E-state index is 2.51. The van der Waals surface area contributed by atoms with Gasteiger partial charge in [-0.2, -0.15) is 0 Å². The molecule has 0 fully saturated rings. The molecular weight excluding hydrogens is 659 g/mol. The van der Waals surface area contributed by atoms with Crippen LogP contribution in [-0.4, -0.2) is 0 Å². The molecule has 0 N–H and O–H groups in total. The van der Waals surface area contributed by atoms with Crippen molar-refractivity contribution >= 4 is 80.9 Å². The number of rotatable bonds is 4. The third-order valence-corrected chi connectivity index (χ3v) is 12.7. The van der Waals surface area contributed by atoms with E-state index in [1.807, 2.05) is 11.3 Å². The van der Waals surface area contributed by atoms with Crippen molar-refractivity contribution in [2.24, 2.45) is 0 Å². The minimum Gasteiger partial charge on any atom is -0.310 e. The Morgan fingerprint density at radius 1 is 0.434 bits per heavy atom. The molecule has 0 unspecified atom stereocenters. The molecule has 250 valence electrons. The van der Waals surface area contributed by atoms with E-state index in [-0.39, 0.29) is 5.41 Å². The predicted octanol–water partition coefficient (Wildman–Crippen LogP) is 15.0. The van der Waals surface area contributed by atoms with Gasteiger partial charge in [-0.3, -0.25) is 0 Å². The summed E-state index contributed by atoms with van der Waals surface area (Å²) in [6.07, 6.45) is 0. The summed E-state index contributed by atoms with van der Waals surface area (Å²) in [7, 11) is 0. The molecule has 0 saturated carbocycles. The predicted molar refractivity (Wildman–Crippen MR) is 230 cm³/mol. The summed E-state index contributed by atoms with van der Waals surface area (Å²) in [4.78, 5) is 2.51. The number of hydrogen-bond donors (Lipinski definition) is 0. The van der Waals surface area contributed by atoms with Crippen LogP contribution in [0.5, 0.6) is 0 Å². The van der Waals surface area contributed by atoms with Gasteiger partial charge in [0.05, 0.1) is 5.69 Å². The second kappa shape index (κ2) is 11.4. The van der Waals surface area contributed by atoms with Gasteiger partial charge in [-0.25, -0.2) is 0 Å². The largest absolute Gasteiger partial charge is 0.310 e. The first kappa shape index (κ1) is 30.4. The molecule has 53 heavy (non-hydrogen) atoms. The topological polar surface area (TPSA) is 3.24 Å². The highest BCUT2D eigenvalue weighted by Gasteiger charge is 2.38. The molecule has 1 aromatic heterocycles. The fourth-order valence-electron chi connectivity index (χ4n) is 9.11. The van der Waals surface area contributed by atoms with E-state index in [1.54, 1.807) is 0 Å². The molecule has 1 nitrogen and oxygen atoms in total. The molecule has 0 saturated heterocycles. The fraction of sp³-hybridized carbons (Fsp3) is 0.0588. The van der Waals surface area contributed by atoms with Crippen LogP contribution in [0.3, 0.4) is 0 Å². The monoisotopic (exact) mass is 693 g/mol. The Balaban J connectivity index is 1.16. The molecule has 2 heteroatoms. The van der Waals surface area contributed by atoms with Crippen LogP contribution in [-0.2, 0) is 5.41 Å². The van der Waals surface area contributed by atoms with E-state index in [0.717, 1.165) is 11.4 Å². The molecule has 0 spiro atoms. The summed E-state index contributed by atoms with van der Waals surface area (Å²) >= 11 is 1.88. The van der Waals surface area contributed by atoms with Gasteiger partial charge in [0.2, 0.25) is 0 Å². The van der Waals surface area contributed by atoms with Crippen molar-refractivity contribution in [3.05, 3.63) is 187 Å². The van der Waals surface area contributed by atoms with Gasteiger partial charge in [-0.05, 0) is 114 Å². The lowest BCUT2D eigenvalue weighted by atomic mass is 9.81. The van der Waals surface area contributed by atoms with Crippen LogP contribution in [0.2, 0.25) is 0 Å². The average Bonchev–Trinajstić information content (AvgIpc) is 3.70. The van der Waals surface area contributed by atoms with Crippen molar-refractivity contribution in [1.82, 2.24) is 0 Å². The Morgan fingerprint density at radius 2 is 1.09 bits per heavy atom. The Morgan fingerprint density at radius 3 is 2.00 bits per heavy atom. The molecule has 1 aliphatic carbocycles. The zero-order valence-corrected chi connectivity index (χ0v) is 30.4. The first-order valence-corrected chi connectivity index (χ1v) is 19.2. The summed E-state index contributed by atoms with van der Waals surface area (Å²) in [5.74, 6) is 0. The Hall–Kier alpha value is -6.22. The number of thiophene rings is 1. The van der Waals surface area contributed by atoms with Crippen molar-refractivity contribution in [3.8, 4) is 22.3 Å². The lowest BCUT2D eigenvalue weighted by molar-refractivity contribution is 0.661. The first-order valence-electron chi connectivity index (χ1n) is 18.4. The highest BCUT2D eigenvalue weighted by molar-refractivity contribution is 7.26. The summed E-state index contributed by atoms with van der Waals surface area (Å²) in [5.41, 5.74) is 11.3. The molecule has 11 rings (SSSR count). The third-order valence-electron chi connectivity index (χ3n) is 11.6. The van der Waals surface area contributed by atoms with Gasteiger partial charge < -0.3 is 4.90 Å². The second-order valence-electron chi connectivity index (χ2n) is 14.9. The molecule has 1 aliphatic rings. The lowest BCUT2D eigenvalue weighted by Gasteiger charge is -2.32. The van der Waals surface area contributed by atoms with Crippen LogP contribution in [0, 0.1) is 0 Å². The van der Waals surface area contributed by atoms with Gasteiger partial charge in [0.25, 0.3) is 0 Å². The summed E-state index contributed by atoms with van der Waals surface area (Å²) in [6.45, 7) is 4.77. The minimum absolute atomic E-state index is 0.162. The van der Waals surface area contributed by atoms with Crippen LogP contribution < -0.4 is 4.90 Å². The number of nitrogens with zero attached hydrogens (tertiary/aromatic N) is 1. The van der Waals surface area contributed by atoms with E-state index in [9.17, 15) is 0 Å². The molecule has 0 radical (unpaired) electrons. The highest BCUT2D eigenvalue weighted by Crippen LogP contribution is 2.54. The first-order chi connectivity index (χ1) is 26.0. The maximum Gasteiger partial charge on any atom is 0.0508 e. The smallest absolute Gasteiger partial charge is 0.0508 e. The molecule has 0 amide bonds. The number of anilines is 3. The van der Waals surface area contributed by atoms with Gasteiger partial charge in [0.1, 0.15) is 0 Å². The van der Waals surface area contributed by atoms with E-state index in [0.29, 0.717) is 0 Å². The Bertz CT molecular complexity index is 3110. The van der Waals surface area contributed by atoms with E-state index in [1.165, 1.54) is 91.6 Å². The van der Waals surface area contributed by atoms with Gasteiger partial charge in [0, 0.05) is 37.0 Å². The number of fused-ring (bicyclic) bond motifs is 10. The molecule has 0 atom stereocenters. The van der Waals surface area contributed by atoms with Crippen LogP contribution in [0.1, 0.15) is 25.0 Å². The van der Waals surface area contributed by atoms with Crippen molar-refractivity contribution < 1.29 is 0 Å². The fourth-order valence-corrected chi connectivity index (χ4v) is 10.2. The van der Waals surface area contributed by atoms with Crippen LogP contribution >= 0.6 is 11.3 Å². The van der Waals surface area contributed by atoms with E-state index < -0.39 is 0 Å². The molecule has 10 aromatic rings. The molecule has 0 aliphatic heterocycles. The van der Waals surface area contributed by atoms with Crippen molar-refractivity contribution in [1.29, 1.82) is 0 Å². The molecule has 9 aromatic carbocycles. The highest BCUT2D eigenvalue weighted by atomic mass is 32.1. The number of hydrogen-bond acceptors (Lipinski definition) is 2. The van der Waals surface area contributed by atoms with Gasteiger partial charge >= 0.3 is 0 Å². The average molecular weight is 694 g/mol. The second-order valence-corrected chi connectivity index (χ2v) is 16.0. The van der Waals surface area contributed by atoms with Gasteiger partial charge in [-0.1, -0.05) is 141 Å². The molecule has 0 bridgehead atoms. The quantitative estimate of drug-likeness (QED) is 0.166. The van der Waals surface area contributed by atoms with Crippen LogP contribution in [0.4, 0.5) is 17.1 Å². The van der Waals surface area contributed by atoms with Gasteiger partial charge in [-0.15, -0.1) is 11.3 Å². The maximum atomic E-state index is 2.51. The number of benzene rings is 9. The third kappa shape index (κ3) is 4.56. The van der Waals surface area contributed by atoms with Gasteiger partial charge in [0.15, 0.2) is 0 Å².